The fourth-order valence-electron chi connectivity index (χ4n) is 1.06. The van der Waals surface area contributed by atoms with Crippen LogP contribution in [0.3, 0.4) is 0 Å². The van der Waals surface area contributed by atoms with Crippen molar-refractivity contribution >= 4 is 0 Å². The van der Waals surface area contributed by atoms with E-state index in [1.165, 1.54) is 5.56 Å². The van der Waals surface area contributed by atoms with E-state index in [4.69, 9.17) is 11.5 Å². The van der Waals surface area contributed by atoms with Crippen molar-refractivity contribution in [2.75, 3.05) is 6.54 Å². The molecular formula is C10H15N2. The lowest BCUT2D eigenvalue weighted by atomic mass is 10.0. The van der Waals surface area contributed by atoms with E-state index in [0.717, 1.165) is 5.56 Å². The Bertz CT molecular complexity index is 228. The Morgan fingerprint density at radius 2 is 1.75 bits per heavy atom. The van der Waals surface area contributed by atoms with Crippen LogP contribution in [-0.2, 0) is 6.54 Å². The van der Waals surface area contributed by atoms with Crippen molar-refractivity contribution in [1.82, 2.24) is 0 Å². The molecule has 2 heteroatoms. The van der Waals surface area contributed by atoms with Gasteiger partial charge in [-0.2, -0.15) is 0 Å². The first kappa shape index (κ1) is 9.23. The van der Waals surface area contributed by atoms with Gasteiger partial charge >= 0.3 is 0 Å². The van der Waals surface area contributed by atoms with Gasteiger partial charge in [-0.3, -0.25) is 0 Å². The van der Waals surface area contributed by atoms with Crippen LogP contribution in [0.25, 0.3) is 0 Å². The molecule has 4 N–H and O–H groups in total. The van der Waals surface area contributed by atoms with E-state index < -0.39 is 0 Å². The minimum atomic E-state index is 0.192. The van der Waals surface area contributed by atoms with Gasteiger partial charge in [0.15, 0.2) is 0 Å². The van der Waals surface area contributed by atoms with Crippen LogP contribution >= 0.6 is 0 Å². The number of benzene rings is 1. The first-order chi connectivity index (χ1) is 5.77. The molecule has 0 aromatic heterocycles. The van der Waals surface area contributed by atoms with Gasteiger partial charge in [0.05, 0.1) is 0 Å². The molecule has 0 saturated heterocycles. The predicted octanol–water partition coefficient (Wildman–Crippen LogP) is 1.02. The average Bonchev–Trinajstić information content (AvgIpc) is 2.17. The van der Waals surface area contributed by atoms with Gasteiger partial charge in [0, 0.05) is 6.54 Å². The minimum absolute atomic E-state index is 0.192. The van der Waals surface area contributed by atoms with Gasteiger partial charge in [-0.1, -0.05) is 24.3 Å². The topological polar surface area (TPSA) is 52.0 Å². The molecule has 0 amide bonds. The third kappa shape index (κ3) is 2.06. The molecule has 0 heterocycles. The van der Waals surface area contributed by atoms with Gasteiger partial charge in [0.1, 0.15) is 0 Å². The Kier molecular flexibility index (Phi) is 3.26. The van der Waals surface area contributed by atoms with Crippen LogP contribution in [0.5, 0.6) is 0 Å². The largest absolute Gasteiger partial charge is 0.330 e. The van der Waals surface area contributed by atoms with Crippen LogP contribution in [0.15, 0.2) is 24.3 Å². The third-order valence-corrected chi connectivity index (χ3v) is 1.97. The molecule has 0 fully saturated rings. The fourth-order valence-corrected chi connectivity index (χ4v) is 1.06. The van der Waals surface area contributed by atoms with Crippen molar-refractivity contribution < 1.29 is 0 Å². The van der Waals surface area contributed by atoms with E-state index >= 15 is 0 Å². The molecule has 0 saturated carbocycles. The van der Waals surface area contributed by atoms with Gasteiger partial charge in [-0.05, 0) is 30.5 Å². The number of nitrogens with two attached hydrogens (primary N) is 2. The van der Waals surface area contributed by atoms with Gasteiger partial charge in [-0.25, -0.2) is 0 Å². The van der Waals surface area contributed by atoms with Crippen molar-refractivity contribution in [2.24, 2.45) is 11.5 Å². The van der Waals surface area contributed by atoms with Crippen molar-refractivity contribution in [1.29, 1.82) is 0 Å². The van der Waals surface area contributed by atoms with Crippen molar-refractivity contribution in [3.05, 3.63) is 42.3 Å². The van der Waals surface area contributed by atoms with Crippen LogP contribution < -0.4 is 11.5 Å². The number of hydrogen-bond acceptors (Lipinski definition) is 2. The second-order valence-corrected chi connectivity index (χ2v) is 2.88. The van der Waals surface area contributed by atoms with Gasteiger partial charge in [0.25, 0.3) is 0 Å². The van der Waals surface area contributed by atoms with E-state index in [0.29, 0.717) is 13.1 Å². The van der Waals surface area contributed by atoms with Crippen LogP contribution in [0.1, 0.15) is 17.0 Å². The highest BCUT2D eigenvalue weighted by atomic mass is 14.5. The molecule has 12 heavy (non-hydrogen) atoms. The Labute approximate surface area is 73.6 Å². The summed E-state index contributed by atoms with van der Waals surface area (Å²) in [4.78, 5) is 0. The summed E-state index contributed by atoms with van der Waals surface area (Å²) >= 11 is 0. The Hall–Kier alpha value is -0.860. The molecule has 1 aromatic carbocycles. The zero-order chi connectivity index (χ0) is 8.97. The van der Waals surface area contributed by atoms with Crippen LogP contribution in [0.2, 0.25) is 0 Å². The maximum Gasteiger partial charge on any atom is 0.0178 e. The molecule has 1 rings (SSSR count). The molecular weight excluding hydrogens is 148 g/mol. The molecule has 1 radical (unpaired) electrons. The highest BCUT2D eigenvalue weighted by Gasteiger charge is 2.01. The van der Waals surface area contributed by atoms with Crippen molar-refractivity contribution in [3.63, 3.8) is 0 Å². The predicted molar refractivity (Wildman–Crippen MR) is 51.5 cm³/mol. The zero-order valence-electron chi connectivity index (χ0n) is 7.16. The number of hydrogen-bond donors (Lipinski definition) is 2. The summed E-state index contributed by atoms with van der Waals surface area (Å²) in [5.41, 5.74) is 13.3. The lowest BCUT2D eigenvalue weighted by Crippen LogP contribution is -2.09. The summed E-state index contributed by atoms with van der Waals surface area (Å²) in [5, 5.41) is 0. The SMILES string of the molecule is [CH2]C(CN)c1ccc(CN)cc1. The summed E-state index contributed by atoms with van der Waals surface area (Å²) in [5.74, 6) is 0.192. The van der Waals surface area contributed by atoms with E-state index in [-0.39, 0.29) is 5.92 Å². The summed E-state index contributed by atoms with van der Waals surface area (Å²) < 4.78 is 0. The van der Waals surface area contributed by atoms with Crippen LogP contribution in [0.4, 0.5) is 0 Å². The normalized spacial score (nSPS) is 12.9. The highest BCUT2D eigenvalue weighted by Crippen LogP contribution is 2.13. The molecule has 1 atom stereocenters. The smallest absolute Gasteiger partial charge is 0.0178 e. The maximum atomic E-state index is 5.49. The zero-order valence-corrected chi connectivity index (χ0v) is 7.16. The monoisotopic (exact) mass is 163 g/mol. The molecule has 0 spiro atoms. The third-order valence-electron chi connectivity index (χ3n) is 1.97. The fraction of sp³-hybridized carbons (Fsp3) is 0.300. The summed E-state index contributed by atoms with van der Waals surface area (Å²) in [6.45, 7) is 5.10. The molecule has 1 unspecified atom stereocenters. The molecule has 2 nitrogen and oxygen atoms in total. The highest BCUT2D eigenvalue weighted by molar-refractivity contribution is 5.26. The summed E-state index contributed by atoms with van der Waals surface area (Å²) in [7, 11) is 0. The van der Waals surface area contributed by atoms with Crippen molar-refractivity contribution in [3.8, 4) is 0 Å². The van der Waals surface area contributed by atoms with Gasteiger partial charge in [0.2, 0.25) is 0 Å². The first-order valence-corrected chi connectivity index (χ1v) is 4.10. The molecule has 0 aliphatic carbocycles. The molecule has 0 bridgehead atoms. The van der Waals surface area contributed by atoms with Crippen LogP contribution in [0, 0.1) is 6.92 Å². The van der Waals surface area contributed by atoms with E-state index in [1.54, 1.807) is 0 Å². The van der Waals surface area contributed by atoms with E-state index in [1.807, 2.05) is 24.3 Å². The minimum Gasteiger partial charge on any atom is -0.330 e. The van der Waals surface area contributed by atoms with Crippen LogP contribution in [-0.4, -0.2) is 6.54 Å². The second kappa shape index (κ2) is 4.24. The molecule has 1 aromatic rings. The molecule has 65 valence electrons. The van der Waals surface area contributed by atoms with Gasteiger partial charge in [-0.15, -0.1) is 0 Å². The second-order valence-electron chi connectivity index (χ2n) is 2.88. The molecule has 0 aliphatic heterocycles. The Morgan fingerprint density at radius 1 is 1.17 bits per heavy atom. The quantitative estimate of drug-likeness (QED) is 0.699. The maximum absolute atomic E-state index is 5.49. The average molecular weight is 163 g/mol. The first-order valence-electron chi connectivity index (χ1n) is 4.10. The standard InChI is InChI=1S/C10H15N2/c1-8(6-11)10-4-2-9(7-12)3-5-10/h2-5,8H,1,6-7,11-12H2. The lowest BCUT2D eigenvalue weighted by Gasteiger charge is -2.08. The van der Waals surface area contributed by atoms with E-state index in [2.05, 4.69) is 6.92 Å². The molecule has 0 aliphatic rings. The number of rotatable bonds is 3. The van der Waals surface area contributed by atoms with Gasteiger partial charge < -0.3 is 11.5 Å². The lowest BCUT2D eigenvalue weighted by molar-refractivity contribution is 0.844. The van der Waals surface area contributed by atoms with E-state index in [9.17, 15) is 0 Å². The Morgan fingerprint density at radius 3 is 2.17 bits per heavy atom. The summed E-state index contributed by atoms with van der Waals surface area (Å²) in [6.07, 6.45) is 0. The Balaban J connectivity index is 2.77. The summed E-state index contributed by atoms with van der Waals surface area (Å²) in [6, 6.07) is 8.10. The van der Waals surface area contributed by atoms with Crippen molar-refractivity contribution in [2.45, 2.75) is 12.5 Å².